The summed E-state index contributed by atoms with van der Waals surface area (Å²) in [6, 6.07) is 14.9. The van der Waals surface area contributed by atoms with Crippen molar-refractivity contribution < 1.29 is 9.53 Å². The molecule has 3 rings (SSSR count). The summed E-state index contributed by atoms with van der Waals surface area (Å²) in [5.74, 6) is 0.392. The Morgan fingerprint density at radius 1 is 1.19 bits per heavy atom. The quantitative estimate of drug-likeness (QED) is 0.724. The van der Waals surface area contributed by atoms with Crippen molar-refractivity contribution in [2.45, 2.75) is 0 Å². The highest BCUT2D eigenvalue weighted by Gasteiger charge is 2.12. The minimum Gasteiger partial charge on any atom is -0.494 e. The van der Waals surface area contributed by atoms with Gasteiger partial charge in [0, 0.05) is 16.5 Å². The van der Waals surface area contributed by atoms with Crippen LogP contribution in [-0.4, -0.2) is 13.0 Å². The number of carbonyl (C=O) groups is 1. The lowest BCUT2D eigenvalue weighted by atomic mass is 10.2. The summed E-state index contributed by atoms with van der Waals surface area (Å²) >= 11 is 1.46. The van der Waals surface area contributed by atoms with E-state index in [2.05, 4.69) is 5.32 Å². The molecule has 1 aromatic heterocycles. The third-order valence-corrected chi connectivity index (χ3v) is 4.24. The van der Waals surface area contributed by atoms with E-state index < -0.39 is 0 Å². The highest BCUT2D eigenvalue weighted by Crippen LogP contribution is 2.29. The molecule has 0 aliphatic carbocycles. The van der Waals surface area contributed by atoms with Crippen LogP contribution in [0.4, 0.5) is 11.4 Å². The minimum absolute atomic E-state index is 0.153. The zero-order valence-electron chi connectivity index (χ0n) is 11.4. The van der Waals surface area contributed by atoms with Crippen molar-refractivity contribution in [3.8, 4) is 5.75 Å². The number of fused-ring (bicyclic) bond motifs is 1. The molecule has 0 unspecified atom stereocenters. The van der Waals surface area contributed by atoms with Crippen molar-refractivity contribution in [3.05, 3.63) is 53.4 Å². The SMILES string of the molecule is COc1cc(N)ccc1NC(=O)c1cc2ccccc2s1. The molecule has 0 aliphatic rings. The first-order valence-corrected chi connectivity index (χ1v) is 7.22. The Kier molecular flexibility index (Phi) is 3.50. The molecule has 0 bridgehead atoms. The molecule has 0 atom stereocenters. The molecule has 3 aromatic rings. The van der Waals surface area contributed by atoms with Gasteiger partial charge in [-0.1, -0.05) is 18.2 Å². The number of hydrogen-bond donors (Lipinski definition) is 2. The number of nitrogen functional groups attached to an aromatic ring is 1. The Hall–Kier alpha value is -2.53. The number of hydrogen-bond acceptors (Lipinski definition) is 4. The lowest BCUT2D eigenvalue weighted by Gasteiger charge is -2.09. The fourth-order valence-electron chi connectivity index (χ4n) is 2.09. The highest BCUT2D eigenvalue weighted by molar-refractivity contribution is 7.20. The van der Waals surface area contributed by atoms with Crippen molar-refractivity contribution in [1.29, 1.82) is 0 Å². The first-order chi connectivity index (χ1) is 10.2. The van der Waals surface area contributed by atoms with Crippen LogP contribution in [0.5, 0.6) is 5.75 Å². The second kappa shape index (κ2) is 5.46. The molecule has 0 spiro atoms. The second-order valence-corrected chi connectivity index (χ2v) is 5.65. The zero-order valence-corrected chi connectivity index (χ0v) is 12.2. The smallest absolute Gasteiger partial charge is 0.265 e. The van der Waals surface area contributed by atoms with Crippen LogP contribution in [-0.2, 0) is 0 Å². The maximum atomic E-state index is 12.3. The van der Waals surface area contributed by atoms with Gasteiger partial charge in [0.15, 0.2) is 0 Å². The van der Waals surface area contributed by atoms with Crippen LogP contribution in [0.3, 0.4) is 0 Å². The molecule has 5 heteroatoms. The molecule has 0 saturated carbocycles. The third kappa shape index (κ3) is 2.68. The van der Waals surface area contributed by atoms with Crippen molar-refractivity contribution >= 4 is 38.7 Å². The van der Waals surface area contributed by atoms with Gasteiger partial charge in [-0.15, -0.1) is 11.3 Å². The van der Waals surface area contributed by atoms with E-state index in [0.29, 0.717) is 22.0 Å². The number of rotatable bonds is 3. The number of nitrogens with one attached hydrogen (secondary N) is 1. The number of nitrogens with two attached hydrogens (primary N) is 1. The largest absolute Gasteiger partial charge is 0.494 e. The number of methoxy groups -OCH3 is 1. The highest BCUT2D eigenvalue weighted by atomic mass is 32.1. The van der Waals surface area contributed by atoms with Gasteiger partial charge in [-0.25, -0.2) is 0 Å². The molecule has 0 fully saturated rings. The van der Waals surface area contributed by atoms with Crippen molar-refractivity contribution in [3.63, 3.8) is 0 Å². The summed E-state index contributed by atoms with van der Waals surface area (Å²) in [7, 11) is 1.55. The van der Waals surface area contributed by atoms with E-state index in [1.807, 2.05) is 30.3 Å². The van der Waals surface area contributed by atoms with Gasteiger partial charge in [-0.3, -0.25) is 4.79 Å². The Bertz CT molecular complexity index is 778. The van der Waals surface area contributed by atoms with Crippen LogP contribution in [0.1, 0.15) is 9.67 Å². The molecule has 1 amide bonds. The van der Waals surface area contributed by atoms with Crippen LogP contribution in [0.25, 0.3) is 10.1 Å². The van der Waals surface area contributed by atoms with E-state index in [9.17, 15) is 4.79 Å². The minimum atomic E-state index is -0.153. The van der Waals surface area contributed by atoms with Gasteiger partial charge in [0.2, 0.25) is 0 Å². The molecular formula is C16H14N2O2S. The van der Waals surface area contributed by atoms with Crippen molar-refractivity contribution in [2.75, 3.05) is 18.2 Å². The predicted octanol–water partition coefficient (Wildman–Crippen LogP) is 3.74. The van der Waals surface area contributed by atoms with Gasteiger partial charge < -0.3 is 15.8 Å². The summed E-state index contributed by atoms with van der Waals surface area (Å²) in [6.07, 6.45) is 0. The summed E-state index contributed by atoms with van der Waals surface area (Å²) < 4.78 is 6.32. The van der Waals surface area contributed by atoms with Gasteiger partial charge in [-0.05, 0) is 29.7 Å². The standard InChI is InChI=1S/C16H14N2O2S/c1-20-13-9-11(17)6-7-12(13)18-16(19)15-8-10-4-2-3-5-14(10)21-15/h2-9H,17H2,1H3,(H,18,19). The van der Waals surface area contributed by atoms with Crippen LogP contribution >= 0.6 is 11.3 Å². The topological polar surface area (TPSA) is 64.3 Å². The number of carbonyl (C=O) groups excluding carboxylic acids is 1. The maximum absolute atomic E-state index is 12.3. The molecule has 2 aromatic carbocycles. The lowest BCUT2D eigenvalue weighted by Crippen LogP contribution is -2.11. The predicted molar refractivity (Wildman–Crippen MR) is 87.2 cm³/mol. The van der Waals surface area contributed by atoms with Gasteiger partial charge in [-0.2, -0.15) is 0 Å². The van der Waals surface area contributed by atoms with Crippen molar-refractivity contribution in [1.82, 2.24) is 0 Å². The molecular weight excluding hydrogens is 284 g/mol. The Balaban J connectivity index is 1.89. The average molecular weight is 298 g/mol. The molecule has 106 valence electrons. The average Bonchev–Trinajstić information content (AvgIpc) is 2.93. The first kappa shape index (κ1) is 13.5. The summed E-state index contributed by atoms with van der Waals surface area (Å²) in [5, 5.41) is 3.92. The summed E-state index contributed by atoms with van der Waals surface area (Å²) in [5.41, 5.74) is 6.90. The van der Waals surface area contributed by atoms with Crippen LogP contribution < -0.4 is 15.8 Å². The molecule has 3 N–H and O–H groups in total. The number of benzene rings is 2. The summed E-state index contributed by atoms with van der Waals surface area (Å²) in [4.78, 5) is 13.0. The Labute approximate surface area is 126 Å². The van der Waals surface area contributed by atoms with E-state index in [1.165, 1.54) is 11.3 Å². The molecule has 4 nitrogen and oxygen atoms in total. The fraction of sp³-hybridized carbons (Fsp3) is 0.0625. The fourth-order valence-corrected chi connectivity index (χ4v) is 3.05. The van der Waals surface area contributed by atoms with Crippen LogP contribution in [0.15, 0.2) is 48.5 Å². The number of amides is 1. The van der Waals surface area contributed by atoms with E-state index in [0.717, 1.165) is 10.1 Å². The van der Waals surface area contributed by atoms with Crippen LogP contribution in [0.2, 0.25) is 0 Å². The number of thiophene rings is 1. The molecule has 1 heterocycles. The second-order valence-electron chi connectivity index (χ2n) is 4.56. The number of anilines is 2. The summed E-state index contributed by atoms with van der Waals surface area (Å²) in [6.45, 7) is 0. The van der Waals surface area contributed by atoms with Gasteiger partial charge in [0.25, 0.3) is 5.91 Å². The van der Waals surface area contributed by atoms with Gasteiger partial charge in [0.05, 0.1) is 17.7 Å². The van der Waals surface area contributed by atoms with E-state index >= 15 is 0 Å². The molecule has 0 saturated heterocycles. The molecule has 21 heavy (non-hydrogen) atoms. The van der Waals surface area contributed by atoms with Crippen LogP contribution in [0, 0.1) is 0 Å². The normalized spacial score (nSPS) is 10.5. The van der Waals surface area contributed by atoms with E-state index in [1.54, 1.807) is 25.3 Å². The zero-order chi connectivity index (χ0) is 14.8. The van der Waals surface area contributed by atoms with E-state index in [4.69, 9.17) is 10.5 Å². The number of ether oxygens (including phenoxy) is 1. The Morgan fingerprint density at radius 2 is 2.00 bits per heavy atom. The maximum Gasteiger partial charge on any atom is 0.265 e. The monoisotopic (exact) mass is 298 g/mol. The lowest BCUT2D eigenvalue weighted by molar-refractivity contribution is 0.103. The molecule has 0 radical (unpaired) electrons. The van der Waals surface area contributed by atoms with Crippen molar-refractivity contribution in [2.24, 2.45) is 0 Å². The van der Waals surface area contributed by atoms with E-state index in [-0.39, 0.29) is 5.91 Å². The first-order valence-electron chi connectivity index (χ1n) is 6.41. The van der Waals surface area contributed by atoms with Gasteiger partial charge in [0.1, 0.15) is 5.75 Å². The third-order valence-electron chi connectivity index (χ3n) is 3.12. The van der Waals surface area contributed by atoms with Gasteiger partial charge >= 0.3 is 0 Å². The Morgan fingerprint density at radius 3 is 2.76 bits per heavy atom. The molecule has 0 aliphatic heterocycles.